The second-order valence-corrected chi connectivity index (χ2v) is 5.58. The fourth-order valence-electron chi connectivity index (χ4n) is 2.38. The molecular weight excluding hydrogens is 272 g/mol. The molecule has 1 amide bonds. The van der Waals surface area contributed by atoms with Crippen LogP contribution in [0.3, 0.4) is 0 Å². The Morgan fingerprint density at radius 1 is 1.40 bits per heavy atom. The van der Waals surface area contributed by atoms with Gasteiger partial charge in [0.05, 0.1) is 18.2 Å². The van der Waals surface area contributed by atoms with Crippen LogP contribution in [0.15, 0.2) is 35.7 Å². The minimum Gasteiger partial charge on any atom is -0.491 e. The first-order chi connectivity index (χ1) is 9.79. The summed E-state index contributed by atoms with van der Waals surface area (Å²) in [5.41, 5.74) is 1.67. The van der Waals surface area contributed by atoms with Gasteiger partial charge in [-0.05, 0) is 36.2 Å². The average Bonchev–Trinajstić information content (AvgIpc) is 2.92. The third-order valence-electron chi connectivity index (χ3n) is 3.34. The molecule has 1 unspecified atom stereocenters. The van der Waals surface area contributed by atoms with Crippen LogP contribution >= 0.6 is 11.3 Å². The van der Waals surface area contributed by atoms with Gasteiger partial charge in [-0.2, -0.15) is 0 Å². The maximum absolute atomic E-state index is 12.0. The predicted octanol–water partition coefficient (Wildman–Crippen LogP) is 2.18. The first kappa shape index (κ1) is 13.1. The molecule has 1 aromatic carbocycles. The average molecular weight is 288 g/mol. The summed E-state index contributed by atoms with van der Waals surface area (Å²) in [6.07, 6.45) is 0. The maximum Gasteiger partial charge on any atom is 0.255 e. The number of carbonyl (C=O) groups excluding carboxylic acids is 1. The number of ether oxygens (including phenoxy) is 1. The predicted molar refractivity (Wildman–Crippen MR) is 79.5 cm³/mol. The van der Waals surface area contributed by atoms with Crippen molar-refractivity contribution < 1.29 is 9.53 Å². The molecule has 1 aromatic heterocycles. The summed E-state index contributed by atoms with van der Waals surface area (Å²) in [6.45, 7) is 1.06. The molecule has 0 saturated carbocycles. The van der Waals surface area contributed by atoms with Gasteiger partial charge in [0, 0.05) is 4.88 Å². The normalized spacial score (nSPS) is 15.8. The molecule has 1 atom stereocenters. The summed E-state index contributed by atoms with van der Waals surface area (Å²) in [5, 5.41) is 8.19. The number of carbonyl (C=O) groups is 1. The highest BCUT2D eigenvalue weighted by Crippen LogP contribution is 2.30. The van der Waals surface area contributed by atoms with E-state index >= 15 is 0 Å². The lowest BCUT2D eigenvalue weighted by atomic mass is 10.0. The van der Waals surface area contributed by atoms with Crippen LogP contribution in [0.4, 0.5) is 0 Å². The zero-order chi connectivity index (χ0) is 13.9. The Labute approximate surface area is 121 Å². The van der Waals surface area contributed by atoms with Crippen LogP contribution in [0.25, 0.3) is 0 Å². The molecule has 104 valence electrons. The van der Waals surface area contributed by atoms with Crippen LogP contribution < -0.4 is 15.4 Å². The van der Waals surface area contributed by atoms with Crippen LogP contribution in [0.1, 0.15) is 26.8 Å². The van der Waals surface area contributed by atoms with Gasteiger partial charge < -0.3 is 15.4 Å². The fraction of sp³-hybridized carbons (Fsp3) is 0.267. The Kier molecular flexibility index (Phi) is 3.71. The molecular formula is C15H16N2O2S. The van der Waals surface area contributed by atoms with E-state index in [9.17, 15) is 4.79 Å². The molecule has 4 nitrogen and oxygen atoms in total. The Morgan fingerprint density at radius 2 is 2.30 bits per heavy atom. The number of rotatable bonds is 3. The van der Waals surface area contributed by atoms with Crippen molar-refractivity contribution in [2.24, 2.45) is 0 Å². The molecule has 2 heterocycles. The van der Waals surface area contributed by atoms with Crippen molar-refractivity contribution in [3.8, 4) is 5.75 Å². The number of fused-ring (bicyclic) bond motifs is 1. The van der Waals surface area contributed by atoms with E-state index in [0.29, 0.717) is 24.5 Å². The minimum absolute atomic E-state index is 0.0691. The van der Waals surface area contributed by atoms with Crippen molar-refractivity contribution in [3.63, 3.8) is 0 Å². The number of amides is 1. The molecule has 0 aliphatic carbocycles. The zero-order valence-corrected chi connectivity index (χ0v) is 12.0. The Bertz CT molecular complexity index is 610. The van der Waals surface area contributed by atoms with Gasteiger partial charge in [-0.3, -0.25) is 4.79 Å². The Morgan fingerprint density at radius 3 is 3.05 bits per heavy atom. The third-order valence-corrected chi connectivity index (χ3v) is 4.28. The highest BCUT2D eigenvalue weighted by atomic mass is 32.1. The van der Waals surface area contributed by atoms with Crippen molar-refractivity contribution in [2.75, 3.05) is 20.2 Å². The van der Waals surface area contributed by atoms with Gasteiger partial charge in [-0.1, -0.05) is 12.1 Å². The topological polar surface area (TPSA) is 50.4 Å². The van der Waals surface area contributed by atoms with Gasteiger partial charge in [0.25, 0.3) is 5.91 Å². The van der Waals surface area contributed by atoms with Crippen molar-refractivity contribution in [1.29, 1.82) is 0 Å². The second-order valence-electron chi connectivity index (χ2n) is 4.60. The molecule has 2 N–H and O–H groups in total. The van der Waals surface area contributed by atoms with Crippen molar-refractivity contribution >= 4 is 17.2 Å². The van der Waals surface area contributed by atoms with Crippen LogP contribution in [-0.4, -0.2) is 26.1 Å². The zero-order valence-electron chi connectivity index (χ0n) is 11.2. The second kappa shape index (κ2) is 5.64. The van der Waals surface area contributed by atoms with Crippen molar-refractivity contribution in [1.82, 2.24) is 10.6 Å². The summed E-state index contributed by atoms with van der Waals surface area (Å²) in [6, 6.07) is 10.0. The number of benzene rings is 1. The van der Waals surface area contributed by atoms with Crippen molar-refractivity contribution in [2.45, 2.75) is 6.04 Å². The van der Waals surface area contributed by atoms with E-state index in [2.05, 4.69) is 22.1 Å². The summed E-state index contributed by atoms with van der Waals surface area (Å²) in [7, 11) is 1.92. The lowest BCUT2D eigenvalue weighted by molar-refractivity contribution is 0.0957. The lowest BCUT2D eigenvalue weighted by Crippen LogP contribution is -2.24. The summed E-state index contributed by atoms with van der Waals surface area (Å²) < 4.78 is 5.58. The highest BCUT2D eigenvalue weighted by molar-refractivity contribution is 7.10. The molecule has 0 spiro atoms. The van der Waals surface area contributed by atoms with Gasteiger partial charge in [0.1, 0.15) is 12.4 Å². The van der Waals surface area contributed by atoms with Gasteiger partial charge >= 0.3 is 0 Å². The smallest absolute Gasteiger partial charge is 0.255 e. The lowest BCUT2D eigenvalue weighted by Gasteiger charge is -2.16. The molecule has 0 saturated heterocycles. The standard InChI is InChI=1S/C15H16N2O2S/c1-16-14(13-3-2-8-20-13)10-4-5-12-11(9-10)15(18)17-6-7-19-12/h2-5,8-9,14,16H,6-7H2,1H3,(H,17,18). The summed E-state index contributed by atoms with van der Waals surface area (Å²) >= 11 is 1.70. The molecule has 0 radical (unpaired) electrons. The quantitative estimate of drug-likeness (QED) is 0.910. The van der Waals surface area contributed by atoms with E-state index in [1.54, 1.807) is 11.3 Å². The number of thiophene rings is 1. The SMILES string of the molecule is CNC(c1ccc2c(c1)C(=O)NCCO2)c1cccs1. The molecule has 1 aliphatic heterocycles. The van der Waals surface area contributed by atoms with Crippen LogP contribution in [0.5, 0.6) is 5.75 Å². The Balaban J connectivity index is 2.00. The largest absolute Gasteiger partial charge is 0.491 e. The fourth-order valence-corrected chi connectivity index (χ4v) is 3.24. The van der Waals surface area contributed by atoms with E-state index in [-0.39, 0.29) is 11.9 Å². The first-order valence-corrected chi connectivity index (χ1v) is 7.43. The number of hydrogen-bond acceptors (Lipinski definition) is 4. The van der Waals surface area contributed by atoms with E-state index in [1.165, 1.54) is 4.88 Å². The van der Waals surface area contributed by atoms with E-state index in [0.717, 1.165) is 5.56 Å². The molecule has 0 bridgehead atoms. The third kappa shape index (κ3) is 2.42. The van der Waals surface area contributed by atoms with Gasteiger partial charge in [-0.25, -0.2) is 0 Å². The monoisotopic (exact) mass is 288 g/mol. The van der Waals surface area contributed by atoms with E-state index in [1.807, 2.05) is 31.3 Å². The molecule has 3 rings (SSSR count). The van der Waals surface area contributed by atoms with Gasteiger partial charge in [0.15, 0.2) is 0 Å². The number of nitrogens with one attached hydrogen (secondary N) is 2. The van der Waals surface area contributed by atoms with E-state index in [4.69, 9.17) is 4.74 Å². The molecule has 2 aromatic rings. The van der Waals surface area contributed by atoms with E-state index < -0.39 is 0 Å². The van der Waals surface area contributed by atoms with Gasteiger partial charge in [-0.15, -0.1) is 11.3 Å². The van der Waals surface area contributed by atoms with Crippen LogP contribution in [0, 0.1) is 0 Å². The minimum atomic E-state index is -0.0691. The molecule has 5 heteroatoms. The first-order valence-electron chi connectivity index (χ1n) is 6.55. The summed E-state index contributed by atoms with van der Waals surface area (Å²) in [5.74, 6) is 0.588. The maximum atomic E-state index is 12.0. The Hall–Kier alpha value is -1.85. The van der Waals surface area contributed by atoms with Gasteiger partial charge in [0.2, 0.25) is 0 Å². The van der Waals surface area contributed by atoms with Crippen LogP contribution in [0.2, 0.25) is 0 Å². The molecule has 0 fully saturated rings. The van der Waals surface area contributed by atoms with Crippen molar-refractivity contribution in [3.05, 3.63) is 51.7 Å². The molecule has 20 heavy (non-hydrogen) atoms. The summed E-state index contributed by atoms with van der Waals surface area (Å²) in [4.78, 5) is 13.3. The van der Waals surface area contributed by atoms with Crippen LogP contribution in [-0.2, 0) is 0 Å². The number of hydrogen-bond donors (Lipinski definition) is 2. The highest BCUT2D eigenvalue weighted by Gasteiger charge is 2.20. The molecule has 1 aliphatic rings.